The van der Waals surface area contributed by atoms with Gasteiger partial charge in [0.05, 0.1) is 0 Å². The molecule has 0 unspecified atom stereocenters. The van der Waals surface area contributed by atoms with Crippen molar-refractivity contribution in [3.8, 4) is 0 Å². The van der Waals surface area contributed by atoms with E-state index in [2.05, 4.69) is 0 Å². The van der Waals surface area contributed by atoms with Crippen molar-refractivity contribution in [3.05, 3.63) is 0 Å². The van der Waals surface area contributed by atoms with Crippen LogP contribution < -0.4 is 0 Å². The SMILES string of the molecule is CCC(=O)C1CCC(C=O)CC1. The van der Waals surface area contributed by atoms with E-state index in [1.165, 1.54) is 0 Å². The molecule has 0 bridgehead atoms. The fraction of sp³-hybridized carbons (Fsp3) is 0.800. The maximum atomic E-state index is 11.3. The number of rotatable bonds is 3. The van der Waals surface area contributed by atoms with Gasteiger partial charge in [-0.05, 0) is 25.7 Å². The molecule has 0 radical (unpaired) electrons. The molecule has 2 nitrogen and oxygen atoms in total. The third-order valence-electron chi connectivity index (χ3n) is 2.77. The van der Waals surface area contributed by atoms with Crippen LogP contribution in [0, 0.1) is 11.8 Å². The zero-order chi connectivity index (χ0) is 8.97. The second-order valence-electron chi connectivity index (χ2n) is 3.57. The molecule has 12 heavy (non-hydrogen) atoms. The zero-order valence-electron chi connectivity index (χ0n) is 7.58. The van der Waals surface area contributed by atoms with Crippen LogP contribution in [0.15, 0.2) is 0 Å². The second-order valence-corrected chi connectivity index (χ2v) is 3.57. The molecule has 2 heteroatoms. The highest BCUT2D eigenvalue weighted by Crippen LogP contribution is 2.28. The molecule has 0 aromatic rings. The normalized spacial score (nSPS) is 29.8. The van der Waals surface area contributed by atoms with Crippen molar-refractivity contribution >= 4 is 12.1 Å². The summed E-state index contributed by atoms with van der Waals surface area (Å²) in [5.41, 5.74) is 0. The summed E-state index contributed by atoms with van der Waals surface area (Å²) in [5, 5.41) is 0. The highest BCUT2D eigenvalue weighted by molar-refractivity contribution is 5.80. The Bertz CT molecular complexity index is 167. The Morgan fingerprint density at radius 2 is 1.92 bits per heavy atom. The van der Waals surface area contributed by atoms with E-state index in [1.807, 2.05) is 6.92 Å². The van der Waals surface area contributed by atoms with Crippen molar-refractivity contribution in [2.45, 2.75) is 39.0 Å². The van der Waals surface area contributed by atoms with E-state index in [9.17, 15) is 9.59 Å². The van der Waals surface area contributed by atoms with Crippen LogP contribution in [0.1, 0.15) is 39.0 Å². The highest BCUT2D eigenvalue weighted by Gasteiger charge is 2.24. The molecule has 0 aromatic carbocycles. The fourth-order valence-electron chi connectivity index (χ4n) is 1.87. The molecule has 1 aliphatic rings. The number of carbonyl (C=O) groups excluding carboxylic acids is 2. The molecule has 0 atom stereocenters. The van der Waals surface area contributed by atoms with Gasteiger partial charge in [-0.25, -0.2) is 0 Å². The van der Waals surface area contributed by atoms with Crippen LogP contribution in [0.3, 0.4) is 0 Å². The van der Waals surface area contributed by atoms with Crippen LogP contribution in [0.2, 0.25) is 0 Å². The zero-order valence-corrected chi connectivity index (χ0v) is 7.58. The Hall–Kier alpha value is -0.660. The summed E-state index contributed by atoms with van der Waals surface area (Å²) in [6.07, 6.45) is 5.37. The van der Waals surface area contributed by atoms with Crippen LogP contribution in [-0.2, 0) is 9.59 Å². The maximum Gasteiger partial charge on any atom is 0.135 e. The van der Waals surface area contributed by atoms with Crippen LogP contribution in [0.4, 0.5) is 0 Å². The third kappa shape index (κ3) is 2.16. The van der Waals surface area contributed by atoms with Crippen molar-refractivity contribution in [1.82, 2.24) is 0 Å². The summed E-state index contributed by atoms with van der Waals surface area (Å²) in [6, 6.07) is 0. The molecule has 0 N–H and O–H groups in total. The van der Waals surface area contributed by atoms with Gasteiger partial charge in [-0.2, -0.15) is 0 Å². The first kappa shape index (κ1) is 9.43. The lowest BCUT2D eigenvalue weighted by atomic mass is 9.80. The molecule has 1 rings (SSSR count). The molecule has 0 heterocycles. The van der Waals surface area contributed by atoms with E-state index in [-0.39, 0.29) is 11.8 Å². The molecular weight excluding hydrogens is 152 g/mol. The molecule has 0 amide bonds. The van der Waals surface area contributed by atoms with Gasteiger partial charge in [0.1, 0.15) is 12.1 Å². The molecule has 1 saturated carbocycles. The summed E-state index contributed by atoms with van der Waals surface area (Å²) in [7, 11) is 0. The Morgan fingerprint density at radius 3 is 2.33 bits per heavy atom. The van der Waals surface area contributed by atoms with Gasteiger partial charge in [0, 0.05) is 18.3 Å². The Labute approximate surface area is 73.3 Å². The van der Waals surface area contributed by atoms with Crippen molar-refractivity contribution in [1.29, 1.82) is 0 Å². The van der Waals surface area contributed by atoms with Crippen molar-refractivity contribution in [3.63, 3.8) is 0 Å². The number of hydrogen-bond donors (Lipinski definition) is 0. The minimum atomic E-state index is 0.228. The largest absolute Gasteiger partial charge is 0.303 e. The fourth-order valence-corrected chi connectivity index (χ4v) is 1.87. The average Bonchev–Trinajstić information content (AvgIpc) is 2.17. The first-order valence-electron chi connectivity index (χ1n) is 4.76. The Balaban J connectivity index is 2.35. The predicted octanol–water partition coefficient (Wildman–Crippen LogP) is 1.97. The van der Waals surface area contributed by atoms with E-state index in [1.54, 1.807) is 0 Å². The number of aldehydes is 1. The van der Waals surface area contributed by atoms with Gasteiger partial charge in [0.2, 0.25) is 0 Å². The lowest BCUT2D eigenvalue weighted by molar-refractivity contribution is -0.124. The Morgan fingerprint density at radius 1 is 1.33 bits per heavy atom. The summed E-state index contributed by atoms with van der Waals surface area (Å²) < 4.78 is 0. The van der Waals surface area contributed by atoms with Gasteiger partial charge < -0.3 is 4.79 Å². The van der Waals surface area contributed by atoms with Crippen molar-refractivity contribution in [2.75, 3.05) is 0 Å². The van der Waals surface area contributed by atoms with Crippen LogP contribution in [0.5, 0.6) is 0 Å². The summed E-state index contributed by atoms with van der Waals surface area (Å²) in [5.74, 6) is 0.858. The van der Waals surface area contributed by atoms with Gasteiger partial charge in [-0.3, -0.25) is 4.79 Å². The van der Waals surface area contributed by atoms with E-state index in [0.29, 0.717) is 12.2 Å². The number of ketones is 1. The van der Waals surface area contributed by atoms with E-state index in [0.717, 1.165) is 32.0 Å². The monoisotopic (exact) mass is 168 g/mol. The topological polar surface area (TPSA) is 34.1 Å². The first-order valence-corrected chi connectivity index (χ1v) is 4.76. The predicted molar refractivity (Wildman–Crippen MR) is 46.8 cm³/mol. The molecule has 0 aromatic heterocycles. The molecule has 0 aliphatic heterocycles. The second kappa shape index (κ2) is 4.39. The van der Waals surface area contributed by atoms with Crippen molar-refractivity contribution in [2.24, 2.45) is 11.8 Å². The first-order chi connectivity index (χ1) is 5.77. The summed E-state index contributed by atoms with van der Waals surface area (Å²) in [6.45, 7) is 1.91. The van der Waals surface area contributed by atoms with Gasteiger partial charge in [0.25, 0.3) is 0 Å². The number of carbonyl (C=O) groups is 2. The molecule has 68 valence electrons. The summed E-state index contributed by atoms with van der Waals surface area (Å²) in [4.78, 5) is 21.7. The highest BCUT2D eigenvalue weighted by atomic mass is 16.1. The molecule has 1 fully saturated rings. The third-order valence-corrected chi connectivity index (χ3v) is 2.77. The Kier molecular flexibility index (Phi) is 3.45. The molecule has 1 aliphatic carbocycles. The molecule has 0 spiro atoms. The van der Waals surface area contributed by atoms with Gasteiger partial charge in [-0.1, -0.05) is 6.92 Å². The lowest BCUT2D eigenvalue weighted by Gasteiger charge is -2.23. The maximum absolute atomic E-state index is 11.3. The standard InChI is InChI=1S/C10H16O2/c1-2-10(12)9-5-3-8(7-11)4-6-9/h7-9H,2-6H2,1H3. The summed E-state index contributed by atoms with van der Waals surface area (Å²) >= 11 is 0. The van der Waals surface area contributed by atoms with E-state index in [4.69, 9.17) is 0 Å². The van der Waals surface area contributed by atoms with Crippen LogP contribution in [0.25, 0.3) is 0 Å². The lowest BCUT2D eigenvalue weighted by Crippen LogP contribution is -2.21. The number of Topliss-reactive ketones (excluding diaryl/α,β-unsaturated/α-hetero) is 1. The van der Waals surface area contributed by atoms with Crippen molar-refractivity contribution < 1.29 is 9.59 Å². The van der Waals surface area contributed by atoms with E-state index < -0.39 is 0 Å². The van der Waals surface area contributed by atoms with Gasteiger partial charge in [0.15, 0.2) is 0 Å². The molecular formula is C10H16O2. The number of hydrogen-bond acceptors (Lipinski definition) is 2. The van der Waals surface area contributed by atoms with Crippen LogP contribution in [-0.4, -0.2) is 12.1 Å². The van der Waals surface area contributed by atoms with Gasteiger partial charge >= 0.3 is 0 Å². The average molecular weight is 168 g/mol. The quantitative estimate of drug-likeness (QED) is 0.604. The van der Waals surface area contributed by atoms with Gasteiger partial charge in [-0.15, -0.1) is 0 Å². The minimum Gasteiger partial charge on any atom is -0.303 e. The minimum absolute atomic E-state index is 0.228. The van der Waals surface area contributed by atoms with Crippen LogP contribution >= 0.6 is 0 Å². The molecule has 0 saturated heterocycles. The van der Waals surface area contributed by atoms with E-state index >= 15 is 0 Å². The smallest absolute Gasteiger partial charge is 0.135 e.